The molecule has 0 aliphatic carbocycles. The quantitative estimate of drug-likeness (QED) is 0.282. The summed E-state index contributed by atoms with van der Waals surface area (Å²) in [5.74, 6) is -3.14. The number of aliphatic carboxylic acids is 2. The molecular weight excluding hydrogens is 210 g/mol. The third-order valence-corrected chi connectivity index (χ3v) is 1.28. The molecule has 0 bridgehead atoms. The fourth-order valence-corrected chi connectivity index (χ4v) is 0.748. The van der Waals surface area contributed by atoms with Crippen molar-refractivity contribution in [2.45, 2.75) is 13.3 Å². The van der Waals surface area contributed by atoms with Gasteiger partial charge in [-0.3, -0.25) is 0 Å². The van der Waals surface area contributed by atoms with Gasteiger partial charge in [-0.05, 0) is 6.42 Å². The Morgan fingerprint density at radius 1 is 1.21 bits per heavy atom. The van der Waals surface area contributed by atoms with Crippen LogP contribution in [0.15, 0.2) is 11.3 Å². The molecule has 0 rings (SSSR count). The fourth-order valence-electron chi connectivity index (χ4n) is 0.748. The van der Waals surface area contributed by atoms with E-state index in [4.69, 9.17) is 10.2 Å². The zero-order valence-electron chi connectivity index (χ0n) is 10.8. The molecule has 0 aromatic carbocycles. The van der Waals surface area contributed by atoms with E-state index in [1.807, 2.05) is 0 Å². The van der Waals surface area contributed by atoms with Crippen LogP contribution in [0.2, 0.25) is 0 Å². The van der Waals surface area contributed by atoms with Crippen molar-refractivity contribution in [3.63, 3.8) is 0 Å². The van der Waals surface area contributed by atoms with Gasteiger partial charge in [0.05, 0.1) is 12.7 Å². The van der Waals surface area contributed by atoms with Crippen LogP contribution < -0.4 is 59.1 Å². The molecule has 0 heterocycles. The molecule has 7 heteroatoms. The Labute approximate surface area is 129 Å². The molecule has 5 nitrogen and oxygen atoms in total. The van der Waals surface area contributed by atoms with Gasteiger partial charge in [-0.15, -0.1) is 0 Å². The summed E-state index contributed by atoms with van der Waals surface area (Å²) in [5.41, 5.74) is -0.231. The summed E-state index contributed by atoms with van der Waals surface area (Å²) in [6.45, 7) is 1.55. The Balaban J connectivity index is -0.000000101. The van der Waals surface area contributed by atoms with Gasteiger partial charge in [0.2, 0.25) is 5.76 Å². The molecule has 0 saturated heterocycles. The molecule has 72 valence electrons. The summed E-state index contributed by atoms with van der Waals surface area (Å²) >= 11 is 0. The van der Waals surface area contributed by atoms with E-state index < -0.39 is 17.7 Å². The van der Waals surface area contributed by atoms with E-state index in [-0.39, 0.29) is 74.0 Å². The van der Waals surface area contributed by atoms with Crippen molar-refractivity contribution in [3.8, 4) is 0 Å². The third-order valence-electron chi connectivity index (χ3n) is 1.28. The van der Waals surface area contributed by atoms with Crippen molar-refractivity contribution < 1.29 is 86.5 Å². The number of carboxylic acid groups (broad SMARTS) is 2. The minimum absolute atomic E-state index is 0. The van der Waals surface area contributed by atoms with Crippen molar-refractivity contribution in [2.24, 2.45) is 0 Å². The molecule has 0 radical (unpaired) electrons. The third kappa shape index (κ3) is 6.06. The number of hydrogen-bond donors (Lipinski definition) is 2. The first-order chi connectivity index (χ1) is 5.54. The molecule has 0 saturated carbocycles. The predicted octanol–water partition coefficient (Wildman–Crippen LogP) is -5.30. The minimum atomic E-state index is -1.36. The predicted molar refractivity (Wildman–Crippen MR) is 41.8 cm³/mol. The van der Waals surface area contributed by atoms with Crippen molar-refractivity contribution in [1.29, 1.82) is 0 Å². The largest absolute Gasteiger partial charge is 1.00 e. The minimum Gasteiger partial charge on any atom is -1.00 e. The number of hydrogen-bond acceptors (Lipinski definition) is 3. The van der Waals surface area contributed by atoms with Crippen LogP contribution in [0.4, 0.5) is 0 Å². The Kier molecular flexibility index (Phi) is 14.3. The van der Waals surface area contributed by atoms with Crippen LogP contribution in [-0.2, 0) is 14.3 Å². The number of ether oxygens (including phenoxy) is 1. The van der Waals surface area contributed by atoms with E-state index in [0.717, 1.165) is 7.11 Å². The van der Waals surface area contributed by atoms with Gasteiger partial charge in [-0.25, -0.2) is 9.59 Å². The molecule has 0 aromatic rings. The maximum atomic E-state index is 10.4. The summed E-state index contributed by atoms with van der Waals surface area (Å²) in [6, 6.07) is 0. The molecular formula is C7H12Na2O5. The van der Waals surface area contributed by atoms with Crippen molar-refractivity contribution in [3.05, 3.63) is 11.3 Å². The van der Waals surface area contributed by atoms with Crippen LogP contribution in [0.5, 0.6) is 0 Å². The van der Waals surface area contributed by atoms with Gasteiger partial charge in [0.25, 0.3) is 0 Å². The van der Waals surface area contributed by atoms with Crippen LogP contribution in [0.3, 0.4) is 0 Å². The molecule has 0 unspecified atom stereocenters. The van der Waals surface area contributed by atoms with E-state index in [2.05, 4.69) is 4.74 Å². The Hall–Kier alpha value is 0.480. The summed E-state index contributed by atoms with van der Waals surface area (Å²) in [4.78, 5) is 20.8. The molecule has 0 atom stereocenters. The van der Waals surface area contributed by atoms with Gasteiger partial charge in [0.1, 0.15) is 0 Å². The molecule has 2 N–H and O–H groups in total. The SMILES string of the molecule is CC/C(C(=O)O)=C(\OC)C(=O)O.[H-].[H-].[Na+].[Na+]. The second-order valence-electron chi connectivity index (χ2n) is 1.98. The molecule has 0 aromatic heterocycles. The van der Waals surface area contributed by atoms with E-state index in [9.17, 15) is 9.59 Å². The van der Waals surface area contributed by atoms with Gasteiger partial charge >= 0.3 is 71.1 Å². The first-order valence-corrected chi connectivity index (χ1v) is 3.28. The Morgan fingerprint density at radius 2 is 1.64 bits per heavy atom. The van der Waals surface area contributed by atoms with Crippen LogP contribution in [0.25, 0.3) is 0 Å². The second-order valence-corrected chi connectivity index (χ2v) is 1.98. The molecule has 14 heavy (non-hydrogen) atoms. The maximum Gasteiger partial charge on any atom is 1.00 e. The average molecular weight is 222 g/mol. The number of carbonyl (C=O) groups is 2. The van der Waals surface area contributed by atoms with Gasteiger partial charge in [0.15, 0.2) is 0 Å². The monoisotopic (exact) mass is 222 g/mol. The first-order valence-electron chi connectivity index (χ1n) is 3.28. The number of carboxylic acids is 2. The molecule has 0 aliphatic heterocycles. The summed E-state index contributed by atoms with van der Waals surface area (Å²) in [5, 5.41) is 17.0. The van der Waals surface area contributed by atoms with Crippen molar-refractivity contribution >= 4 is 11.9 Å². The molecule has 0 amide bonds. The number of methoxy groups -OCH3 is 1. The normalized spacial score (nSPS) is 10.1. The zero-order chi connectivity index (χ0) is 9.72. The van der Waals surface area contributed by atoms with Crippen molar-refractivity contribution in [1.82, 2.24) is 0 Å². The topological polar surface area (TPSA) is 83.8 Å². The van der Waals surface area contributed by atoms with Gasteiger partial charge in [-0.1, -0.05) is 6.92 Å². The summed E-state index contributed by atoms with van der Waals surface area (Å²) in [7, 11) is 1.13. The van der Waals surface area contributed by atoms with Crippen molar-refractivity contribution in [2.75, 3.05) is 7.11 Å². The Bertz CT molecular complexity index is 221. The summed E-state index contributed by atoms with van der Waals surface area (Å²) < 4.78 is 4.43. The summed E-state index contributed by atoms with van der Waals surface area (Å²) in [6.07, 6.45) is 0.116. The molecule has 0 aliphatic rings. The first kappa shape index (κ1) is 20.0. The van der Waals surface area contributed by atoms with Crippen LogP contribution in [0, 0.1) is 0 Å². The number of rotatable bonds is 4. The van der Waals surface area contributed by atoms with Gasteiger partial charge < -0.3 is 17.8 Å². The smallest absolute Gasteiger partial charge is 1.00 e. The van der Waals surface area contributed by atoms with Gasteiger partial charge in [-0.2, -0.15) is 0 Å². The average Bonchev–Trinajstić information content (AvgIpc) is 1.98. The van der Waals surface area contributed by atoms with Gasteiger partial charge in [0, 0.05) is 0 Å². The standard InChI is InChI=1S/C7H10O5.2Na.2H/c1-3-4(6(8)9)5(12-2)7(10)11;;;;/h3H2,1-2H3,(H,8,9)(H,10,11);;;;/q;2*+1;2*-1/b5-4+;;;;. The van der Waals surface area contributed by atoms with E-state index in [1.165, 1.54) is 0 Å². The van der Waals surface area contributed by atoms with Crippen LogP contribution in [0.1, 0.15) is 16.2 Å². The molecule has 0 fully saturated rings. The molecule has 0 spiro atoms. The van der Waals surface area contributed by atoms with E-state index in [0.29, 0.717) is 0 Å². The van der Waals surface area contributed by atoms with Crippen LogP contribution >= 0.6 is 0 Å². The fraction of sp³-hybridized carbons (Fsp3) is 0.429. The zero-order valence-corrected chi connectivity index (χ0v) is 12.8. The van der Waals surface area contributed by atoms with Crippen LogP contribution in [-0.4, -0.2) is 29.3 Å². The second kappa shape index (κ2) is 10.0. The maximum absolute atomic E-state index is 10.4. The van der Waals surface area contributed by atoms with E-state index >= 15 is 0 Å². The van der Waals surface area contributed by atoms with E-state index in [1.54, 1.807) is 6.92 Å². The Morgan fingerprint density at radius 3 is 1.71 bits per heavy atom.